The van der Waals surface area contributed by atoms with Crippen molar-refractivity contribution >= 4 is 52.6 Å². The Morgan fingerprint density at radius 2 is 2.28 bits per heavy atom. The lowest BCUT2D eigenvalue weighted by atomic mass is 10.3. The van der Waals surface area contributed by atoms with E-state index in [4.69, 9.17) is 23.2 Å². The molecule has 1 aliphatic heterocycles. The van der Waals surface area contributed by atoms with Crippen LogP contribution in [0.5, 0.6) is 0 Å². The van der Waals surface area contributed by atoms with E-state index in [0.717, 1.165) is 11.5 Å². The van der Waals surface area contributed by atoms with Gasteiger partial charge in [-0.2, -0.15) is 23.5 Å². The smallest absolute Gasteiger partial charge is 0.271 e. The van der Waals surface area contributed by atoms with Crippen LogP contribution in [-0.4, -0.2) is 39.9 Å². The van der Waals surface area contributed by atoms with Gasteiger partial charge >= 0.3 is 0 Å². The third-order valence-electron chi connectivity index (χ3n) is 2.40. The lowest BCUT2D eigenvalue weighted by Gasteiger charge is -2.21. The van der Waals surface area contributed by atoms with Gasteiger partial charge in [0.15, 0.2) is 0 Å². The molecule has 1 unspecified atom stereocenters. The van der Waals surface area contributed by atoms with Crippen molar-refractivity contribution in [3.63, 3.8) is 0 Å². The largest absolute Gasteiger partial charge is 0.350 e. The molecule has 0 aliphatic carbocycles. The number of nitrogens with zero attached hydrogens (tertiary/aromatic N) is 1. The van der Waals surface area contributed by atoms with Crippen LogP contribution in [0, 0.1) is 0 Å². The van der Waals surface area contributed by atoms with E-state index in [1.165, 1.54) is 5.75 Å². The van der Waals surface area contributed by atoms with Gasteiger partial charge in [-0.3, -0.25) is 4.79 Å². The molecule has 1 amide bonds. The van der Waals surface area contributed by atoms with Crippen molar-refractivity contribution < 1.29 is 4.79 Å². The molecule has 2 rings (SSSR count). The number of hydrogen-bond acceptors (Lipinski definition) is 4. The molecule has 1 aromatic heterocycles. The highest BCUT2D eigenvalue weighted by atomic mass is 35.5. The number of aromatic nitrogens is 1. The van der Waals surface area contributed by atoms with E-state index in [9.17, 15) is 4.79 Å². The van der Waals surface area contributed by atoms with Gasteiger partial charge in [0.25, 0.3) is 5.91 Å². The number of pyridine rings is 1. The molecular formula is C11H12Cl2N2OS2. The van der Waals surface area contributed by atoms with Gasteiger partial charge in [0.1, 0.15) is 10.8 Å². The lowest BCUT2D eigenvalue weighted by Crippen LogP contribution is -2.34. The molecule has 2 heterocycles. The second-order valence-electron chi connectivity index (χ2n) is 3.74. The van der Waals surface area contributed by atoms with Crippen LogP contribution >= 0.6 is 46.7 Å². The number of amides is 1. The van der Waals surface area contributed by atoms with Crippen LogP contribution in [0.2, 0.25) is 10.2 Å². The standard InChI is InChI=1S/C11H12Cl2N2OS2/c12-8-1-2-9(13)15-10(8)11(16)14-5-7-6-17-3-4-18-7/h1-2,7H,3-6H2,(H,14,16). The van der Waals surface area contributed by atoms with E-state index in [-0.39, 0.29) is 16.8 Å². The molecule has 1 N–H and O–H groups in total. The topological polar surface area (TPSA) is 42.0 Å². The molecule has 0 spiro atoms. The quantitative estimate of drug-likeness (QED) is 0.869. The Bertz CT molecular complexity index is 439. The maximum atomic E-state index is 11.9. The highest BCUT2D eigenvalue weighted by Crippen LogP contribution is 2.23. The van der Waals surface area contributed by atoms with E-state index in [0.29, 0.717) is 16.8 Å². The number of hydrogen-bond donors (Lipinski definition) is 1. The highest BCUT2D eigenvalue weighted by molar-refractivity contribution is 8.06. The minimum atomic E-state index is -0.265. The number of carbonyl (C=O) groups excluding carboxylic acids is 1. The summed E-state index contributed by atoms with van der Waals surface area (Å²) < 4.78 is 0. The van der Waals surface area contributed by atoms with Gasteiger partial charge in [0.2, 0.25) is 0 Å². The van der Waals surface area contributed by atoms with Crippen LogP contribution < -0.4 is 5.32 Å². The minimum Gasteiger partial charge on any atom is -0.350 e. The summed E-state index contributed by atoms with van der Waals surface area (Å²) in [5, 5.41) is 3.91. The van der Waals surface area contributed by atoms with Gasteiger partial charge in [-0.05, 0) is 12.1 Å². The molecule has 0 radical (unpaired) electrons. The summed E-state index contributed by atoms with van der Waals surface area (Å²) in [6.45, 7) is 0.640. The molecule has 3 nitrogen and oxygen atoms in total. The van der Waals surface area contributed by atoms with Crippen LogP contribution in [-0.2, 0) is 0 Å². The number of rotatable bonds is 3. The van der Waals surface area contributed by atoms with Gasteiger partial charge in [0, 0.05) is 29.1 Å². The first-order valence-corrected chi connectivity index (χ1v) is 8.42. The van der Waals surface area contributed by atoms with E-state index in [1.807, 2.05) is 23.5 Å². The Hall–Kier alpha value is -0.100. The zero-order chi connectivity index (χ0) is 13.0. The van der Waals surface area contributed by atoms with Crippen molar-refractivity contribution in [2.45, 2.75) is 5.25 Å². The number of nitrogens with one attached hydrogen (secondary N) is 1. The molecule has 18 heavy (non-hydrogen) atoms. The second kappa shape index (κ2) is 6.89. The predicted octanol–water partition coefficient (Wildman–Crippen LogP) is 2.97. The van der Waals surface area contributed by atoms with E-state index in [1.54, 1.807) is 12.1 Å². The molecule has 1 atom stereocenters. The van der Waals surface area contributed by atoms with E-state index in [2.05, 4.69) is 10.3 Å². The summed E-state index contributed by atoms with van der Waals surface area (Å²) in [5.74, 6) is 3.14. The van der Waals surface area contributed by atoms with Crippen LogP contribution in [0.4, 0.5) is 0 Å². The van der Waals surface area contributed by atoms with Gasteiger partial charge in [-0.1, -0.05) is 23.2 Å². The SMILES string of the molecule is O=C(NCC1CSCCS1)c1nc(Cl)ccc1Cl. The zero-order valence-electron chi connectivity index (χ0n) is 9.49. The summed E-state index contributed by atoms with van der Waals surface area (Å²) in [4.78, 5) is 15.9. The molecule has 1 aromatic rings. The molecule has 0 bridgehead atoms. The first kappa shape index (κ1) is 14.3. The van der Waals surface area contributed by atoms with Crippen LogP contribution in [0.3, 0.4) is 0 Å². The number of halogens is 2. The number of carbonyl (C=O) groups is 1. The Kier molecular flexibility index (Phi) is 5.48. The van der Waals surface area contributed by atoms with Crippen molar-refractivity contribution in [3.8, 4) is 0 Å². The molecular weight excluding hydrogens is 311 g/mol. The third-order valence-corrected chi connectivity index (χ3v) is 5.76. The molecule has 1 fully saturated rings. The average Bonchev–Trinajstić information content (AvgIpc) is 2.40. The summed E-state index contributed by atoms with van der Waals surface area (Å²) in [5.41, 5.74) is 0.192. The van der Waals surface area contributed by atoms with Crippen molar-refractivity contribution in [1.82, 2.24) is 10.3 Å². The molecule has 7 heteroatoms. The van der Waals surface area contributed by atoms with Crippen LogP contribution in [0.25, 0.3) is 0 Å². The lowest BCUT2D eigenvalue weighted by molar-refractivity contribution is 0.0949. The fraction of sp³-hybridized carbons (Fsp3) is 0.455. The molecule has 98 valence electrons. The van der Waals surface area contributed by atoms with E-state index >= 15 is 0 Å². The molecule has 0 saturated carbocycles. The van der Waals surface area contributed by atoms with E-state index < -0.39 is 0 Å². The summed E-state index contributed by atoms with van der Waals surface area (Å²) in [7, 11) is 0. The Labute approximate surface area is 124 Å². The minimum absolute atomic E-state index is 0.192. The van der Waals surface area contributed by atoms with Crippen molar-refractivity contribution in [2.24, 2.45) is 0 Å². The second-order valence-corrected chi connectivity index (χ2v) is 7.09. The van der Waals surface area contributed by atoms with Gasteiger partial charge in [-0.25, -0.2) is 4.98 Å². The van der Waals surface area contributed by atoms with Crippen molar-refractivity contribution in [1.29, 1.82) is 0 Å². The highest BCUT2D eigenvalue weighted by Gasteiger charge is 2.17. The normalized spacial score (nSPS) is 19.6. The van der Waals surface area contributed by atoms with Gasteiger partial charge < -0.3 is 5.32 Å². The average molecular weight is 323 g/mol. The number of thioether (sulfide) groups is 2. The first-order valence-electron chi connectivity index (χ1n) is 5.46. The first-order chi connectivity index (χ1) is 8.66. The summed E-state index contributed by atoms with van der Waals surface area (Å²) in [6.07, 6.45) is 0. The van der Waals surface area contributed by atoms with Gasteiger partial charge in [-0.15, -0.1) is 0 Å². The van der Waals surface area contributed by atoms with Crippen LogP contribution in [0.1, 0.15) is 10.5 Å². The molecule has 1 aliphatic rings. The fourth-order valence-corrected chi connectivity index (χ4v) is 4.47. The monoisotopic (exact) mass is 322 g/mol. The van der Waals surface area contributed by atoms with Crippen molar-refractivity contribution in [3.05, 3.63) is 28.0 Å². The Morgan fingerprint density at radius 3 is 3.00 bits per heavy atom. The molecule has 1 saturated heterocycles. The van der Waals surface area contributed by atoms with Crippen LogP contribution in [0.15, 0.2) is 12.1 Å². The Balaban J connectivity index is 1.92. The summed E-state index contributed by atoms with van der Waals surface area (Å²) in [6, 6.07) is 3.14. The van der Waals surface area contributed by atoms with Gasteiger partial charge in [0.05, 0.1) is 5.02 Å². The fourth-order valence-electron chi connectivity index (χ4n) is 1.52. The molecule has 0 aromatic carbocycles. The van der Waals surface area contributed by atoms with Crippen molar-refractivity contribution in [2.75, 3.05) is 23.8 Å². The Morgan fingerprint density at radius 1 is 1.44 bits per heavy atom. The maximum absolute atomic E-state index is 11.9. The zero-order valence-corrected chi connectivity index (χ0v) is 12.6. The maximum Gasteiger partial charge on any atom is 0.271 e. The predicted molar refractivity (Wildman–Crippen MR) is 80.2 cm³/mol. The summed E-state index contributed by atoms with van der Waals surface area (Å²) >= 11 is 15.5. The third kappa shape index (κ3) is 3.95.